The van der Waals surface area contributed by atoms with Crippen LogP contribution in [-0.4, -0.2) is 23.5 Å². The van der Waals surface area contributed by atoms with Crippen molar-refractivity contribution in [3.63, 3.8) is 0 Å². The Morgan fingerprint density at radius 3 is 2.70 bits per heavy atom. The average molecular weight is 145 g/mol. The fraction of sp³-hybridized carbons (Fsp3) is 0.667. The van der Waals surface area contributed by atoms with E-state index in [-0.39, 0.29) is 0 Å². The zero-order chi connectivity index (χ0) is 7.98. The van der Waals surface area contributed by atoms with Crippen LogP contribution in [0.2, 0.25) is 0 Å². The van der Waals surface area contributed by atoms with Gasteiger partial charge in [-0.1, -0.05) is 13.3 Å². The van der Waals surface area contributed by atoms with Gasteiger partial charge in [-0.15, -0.1) is 0 Å². The van der Waals surface area contributed by atoms with Gasteiger partial charge in [-0.2, -0.15) is 0 Å². The molecule has 10 heavy (non-hydrogen) atoms. The lowest BCUT2D eigenvalue weighted by Gasteiger charge is -2.06. The zero-order valence-electron chi connectivity index (χ0n) is 5.83. The first-order valence-electron chi connectivity index (χ1n) is 3.15. The molecule has 0 saturated heterocycles. The topological polar surface area (TPSA) is 66.4 Å². The highest BCUT2D eigenvalue weighted by Crippen LogP contribution is 1.91. The predicted octanol–water partition coefficient (Wildman–Crippen LogP) is 0.622. The molecule has 0 aliphatic heterocycles. The molecule has 1 unspecified atom stereocenters. The van der Waals surface area contributed by atoms with Crippen molar-refractivity contribution in [2.45, 2.75) is 25.8 Å². The number of carboxylic acid groups (broad SMARTS) is 1. The lowest BCUT2D eigenvalue weighted by molar-refractivity contribution is -0.109. The highest BCUT2D eigenvalue weighted by Gasteiger charge is 2.06. The molecule has 0 saturated carbocycles. The molecule has 58 valence electrons. The number of rotatable bonds is 4. The van der Waals surface area contributed by atoms with Crippen LogP contribution < -0.4 is 5.32 Å². The van der Waals surface area contributed by atoms with Gasteiger partial charge in [0.2, 0.25) is 0 Å². The minimum Gasteiger partial charge on any atom is -0.465 e. The summed E-state index contributed by atoms with van der Waals surface area (Å²) in [7, 11) is 0. The van der Waals surface area contributed by atoms with Crippen LogP contribution in [0.1, 0.15) is 19.8 Å². The molecule has 0 heterocycles. The van der Waals surface area contributed by atoms with Gasteiger partial charge in [0.1, 0.15) is 6.29 Å². The molecule has 0 aromatic carbocycles. The van der Waals surface area contributed by atoms with Crippen molar-refractivity contribution in [2.24, 2.45) is 0 Å². The minimum absolute atomic E-state index is 0.539. The Morgan fingerprint density at radius 1 is 1.80 bits per heavy atom. The number of amides is 1. The Hall–Kier alpha value is -1.06. The van der Waals surface area contributed by atoms with Gasteiger partial charge in [0, 0.05) is 0 Å². The third-order valence-corrected chi connectivity index (χ3v) is 1.07. The molecule has 4 nitrogen and oxygen atoms in total. The third kappa shape index (κ3) is 3.88. The molecule has 2 N–H and O–H groups in total. The van der Waals surface area contributed by atoms with Crippen LogP contribution in [0.15, 0.2) is 0 Å². The number of carbonyl (C=O) groups excluding carboxylic acids is 1. The molecule has 0 rings (SSSR count). The van der Waals surface area contributed by atoms with Gasteiger partial charge >= 0.3 is 6.09 Å². The van der Waals surface area contributed by atoms with Crippen LogP contribution in [0.5, 0.6) is 0 Å². The van der Waals surface area contributed by atoms with E-state index in [1.807, 2.05) is 6.92 Å². The monoisotopic (exact) mass is 145 g/mol. The summed E-state index contributed by atoms with van der Waals surface area (Å²) in [6.45, 7) is 1.89. The van der Waals surface area contributed by atoms with Crippen molar-refractivity contribution >= 4 is 12.4 Å². The fourth-order valence-electron chi connectivity index (χ4n) is 0.644. The predicted molar refractivity (Wildman–Crippen MR) is 35.9 cm³/mol. The van der Waals surface area contributed by atoms with Crippen LogP contribution in [0.25, 0.3) is 0 Å². The van der Waals surface area contributed by atoms with Crippen molar-refractivity contribution in [1.82, 2.24) is 5.32 Å². The van der Waals surface area contributed by atoms with E-state index in [4.69, 9.17) is 5.11 Å². The van der Waals surface area contributed by atoms with Crippen LogP contribution in [0.4, 0.5) is 4.79 Å². The molecule has 0 aliphatic rings. The maximum Gasteiger partial charge on any atom is 0.405 e. The second kappa shape index (κ2) is 4.78. The van der Waals surface area contributed by atoms with Gasteiger partial charge in [0.25, 0.3) is 0 Å². The van der Waals surface area contributed by atoms with E-state index in [1.54, 1.807) is 0 Å². The van der Waals surface area contributed by atoms with Crippen LogP contribution in [0.3, 0.4) is 0 Å². The van der Waals surface area contributed by atoms with E-state index in [2.05, 4.69) is 5.32 Å². The van der Waals surface area contributed by atoms with E-state index < -0.39 is 12.1 Å². The number of aldehydes is 1. The summed E-state index contributed by atoms with van der Waals surface area (Å²) in [6.07, 6.45) is 0.822. The Kier molecular flexibility index (Phi) is 4.28. The van der Waals surface area contributed by atoms with E-state index in [1.165, 1.54) is 0 Å². The molecule has 4 heteroatoms. The summed E-state index contributed by atoms with van der Waals surface area (Å²) in [5, 5.41) is 10.3. The number of hydrogen-bond donors (Lipinski definition) is 2. The second-order valence-electron chi connectivity index (χ2n) is 1.98. The smallest absolute Gasteiger partial charge is 0.405 e. The van der Waals surface area contributed by atoms with E-state index >= 15 is 0 Å². The van der Waals surface area contributed by atoms with Crippen molar-refractivity contribution in [2.75, 3.05) is 0 Å². The van der Waals surface area contributed by atoms with E-state index in [9.17, 15) is 9.59 Å². The lowest BCUT2D eigenvalue weighted by Crippen LogP contribution is -2.34. The van der Waals surface area contributed by atoms with Crippen molar-refractivity contribution < 1.29 is 14.7 Å². The highest BCUT2D eigenvalue weighted by atomic mass is 16.4. The van der Waals surface area contributed by atoms with Crippen molar-refractivity contribution in [3.8, 4) is 0 Å². The minimum atomic E-state index is -1.15. The molecule has 0 aliphatic carbocycles. The molecule has 0 aromatic heterocycles. The Bertz CT molecular complexity index is 124. The fourth-order valence-corrected chi connectivity index (χ4v) is 0.644. The van der Waals surface area contributed by atoms with Crippen LogP contribution in [-0.2, 0) is 4.79 Å². The van der Waals surface area contributed by atoms with Gasteiger partial charge in [0.05, 0.1) is 6.04 Å². The van der Waals surface area contributed by atoms with Gasteiger partial charge < -0.3 is 15.2 Å². The lowest BCUT2D eigenvalue weighted by atomic mass is 10.2. The molecule has 1 amide bonds. The van der Waals surface area contributed by atoms with Crippen LogP contribution >= 0.6 is 0 Å². The molecular weight excluding hydrogens is 134 g/mol. The summed E-state index contributed by atoms with van der Waals surface area (Å²) in [4.78, 5) is 20.1. The highest BCUT2D eigenvalue weighted by molar-refractivity contribution is 5.71. The Labute approximate surface area is 59.2 Å². The van der Waals surface area contributed by atoms with E-state index in [0.29, 0.717) is 12.7 Å². The van der Waals surface area contributed by atoms with Crippen molar-refractivity contribution in [3.05, 3.63) is 0 Å². The van der Waals surface area contributed by atoms with E-state index in [0.717, 1.165) is 6.42 Å². The third-order valence-electron chi connectivity index (χ3n) is 1.07. The molecule has 0 aromatic rings. The van der Waals surface area contributed by atoms with Gasteiger partial charge in [-0.3, -0.25) is 0 Å². The van der Waals surface area contributed by atoms with Crippen LogP contribution in [0, 0.1) is 0 Å². The second-order valence-corrected chi connectivity index (χ2v) is 1.98. The van der Waals surface area contributed by atoms with Crippen molar-refractivity contribution in [1.29, 1.82) is 0 Å². The summed E-state index contributed by atoms with van der Waals surface area (Å²) in [6, 6.07) is -0.539. The Balaban J connectivity index is 3.59. The molecular formula is C6H11NO3. The largest absolute Gasteiger partial charge is 0.465 e. The summed E-state index contributed by atoms with van der Waals surface area (Å²) in [5.41, 5.74) is 0. The SMILES string of the molecule is CCCC(C=O)NC(=O)O. The van der Waals surface area contributed by atoms with Gasteiger partial charge in [-0.05, 0) is 6.42 Å². The molecule has 0 fully saturated rings. The number of carbonyl (C=O) groups is 2. The molecule has 0 bridgehead atoms. The van der Waals surface area contributed by atoms with Gasteiger partial charge in [0.15, 0.2) is 0 Å². The summed E-state index contributed by atoms with van der Waals surface area (Å²) in [5.74, 6) is 0. The first-order chi connectivity index (χ1) is 4.70. The first-order valence-corrected chi connectivity index (χ1v) is 3.15. The zero-order valence-corrected chi connectivity index (χ0v) is 5.83. The summed E-state index contributed by atoms with van der Waals surface area (Å²) >= 11 is 0. The maximum atomic E-state index is 10.1. The number of nitrogens with one attached hydrogen (secondary N) is 1. The molecule has 1 atom stereocenters. The molecule has 0 spiro atoms. The Morgan fingerprint density at radius 2 is 2.40 bits per heavy atom. The normalized spacial score (nSPS) is 12.1. The van der Waals surface area contributed by atoms with Gasteiger partial charge in [-0.25, -0.2) is 4.79 Å². The quantitative estimate of drug-likeness (QED) is 0.570. The average Bonchev–Trinajstić information content (AvgIpc) is 1.86. The summed E-state index contributed by atoms with van der Waals surface area (Å²) < 4.78 is 0. The number of hydrogen-bond acceptors (Lipinski definition) is 2. The standard InChI is InChI=1S/C6H11NO3/c1-2-3-5(4-8)7-6(9)10/h4-5,7H,2-3H2,1H3,(H,9,10). The first kappa shape index (κ1) is 8.94. The molecule has 0 radical (unpaired) electrons. The maximum absolute atomic E-state index is 10.1.